The molecular formula is C33H40ClFN8O6. The zero-order valence-corrected chi connectivity index (χ0v) is 28.3. The summed E-state index contributed by atoms with van der Waals surface area (Å²) < 4.78 is 20.9. The van der Waals surface area contributed by atoms with Crippen molar-refractivity contribution in [2.45, 2.75) is 77.2 Å². The van der Waals surface area contributed by atoms with Gasteiger partial charge in [-0.2, -0.15) is 5.10 Å². The average molecular weight is 699 g/mol. The summed E-state index contributed by atoms with van der Waals surface area (Å²) in [5.74, 6) is -2.31. The second-order valence-corrected chi connectivity index (χ2v) is 13.6. The smallest absolute Gasteiger partial charge is 0.407 e. The van der Waals surface area contributed by atoms with E-state index >= 15 is 0 Å². The first-order chi connectivity index (χ1) is 23.2. The minimum Gasteiger partial charge on any atom is -0.444 e. The fourth-order valence-corrected chi connectivity index (χ4v) is 5.83. The van der Waals surface area contributed by atoms with Crippen LogP contribution in [-0.2, 0) is 27.4 Å². The van der Waals surface area contributed by atoms with E-state index in [1.807, 2.05) is 0 Å². The Morgan fingerprint density at radius 1 is 1.12 bits per heavy atom. The summed E-state index contributed by atoms with van der Waals surface area (Å²) in [6, 6.07) is 8.50. The predicted molar refractivity (Wildman–Crippen MR) is 179 cm³/mol. The Hall–Kier alpha value is -4.92. The van der Waals surface area contributed by atoms with Crippen molar-refractivity contribution in [2.24, 2.45) is 5.73 Å². The number of amides is 6. The lowest BCUT2D eigenvalue weighted by Gasteiger charge is -2.33. The number of nitrogens with one attached hydrogen (secondary N) is 3. The zero-order valence-electron chi connectivity index (χ0n) is 27.6. The van der Waals surface area contributed by atoms with E-state index in [0.717, 1.165) is 12.8 Å². The lowest BCUT2D eigenvalue weighted by molar-refractivity contribution is -0.137. The number of hydrogen-bond donors (Lipinski definition) is 4. The van der Waals surface area contributed by atoms with Crippen molar-refractivity contribution < 1.29 is 33.1 Å². The van der Waals surface area contributed by atoms with Crippen molar-refractivity contribution in [2.75, 3.05) is 25.0 Å². The van der Waals surface area contributed by atoms with Crippen LogP contribution in [0.2, 0.25) is 5.02 Å². The number of carbonyl (C=O) groups is 5. The number of aromatic nitrogens is 2. The van der Waals surface area contributed by atoms with Crippen molar-refractivity contribution in [1.29, 1.82) is 0 Å². The number of alkyl carbamates (subject to hydrolysis) is 1. The Balaban J connectivity index is 1.24. The van der Waals surface area contributed by atoms with Crippen LogP contribution >= 0.6 is 11.6 Å². The third-order valence-corrected chi connectivity index (χ3v) is 8.37. The largest absolute Gasteiger partial charge is 0.444 e. The van der Waals surface area contributed by atoms with Gasteiger partial charge in [0.15, 0.2) is 5.69 Å². The maximum Gasteiger partial charge on any atom is 0.407 e. The van der Waals surface area contributed by atoms with Gasteiger partial charge in [0.05, 0.1) is 17.1 Å². The molecular weight excluding hydrogens is 659 g/mol. The molecule has 5 rings (SSSR count). The third kappa shape index (κ3) is 9.16. The summed E-state index contributed by atoms with van der Waals surface area (Å²) in [4.78, 5) is 67.0. The number of carbonyl (C=O) groups excluding carboxylic acids is 5. The number of primary amides is 1. The Morgan fingerprint density at radius 2 is 1.88 bits per heavy atom. The number of anilines is 1. The van der Waals surface area contributed by atoms with Gasteiger partial charge < -0.3 is 36.2 Å². The molecule has 2 heterocycles. The van der Waals surface area contributed by atoms with Crippen LogP contribution < -0.4 is 21.7 Å². The van der Waals surface area contributed by atoms with Gasteiger partial charge in [-0.3, -0.25) is 19.1 Å². The normalized spacial score (nSPS) is 16.2. The van der Waals surface area contributed by atoms with Crippen LogP contribution in [0.15, 0.2) is 36.4 Å². The maximum absolute atomic E-state index is 14.2. The van der Waals surface area contributed by atoms with E-state index in [-0.39, 0.29) is 54.5 Å². The van der Waals surface area contributed by atoms with Crippen LogP contribution in [0.3, 0.4) is 0 Å². The van der Waals surface area contributed by atoms with Gasteiger partial charge in [-0.05, 0) is 70.7 Å². The molecule has 1 unspecified atom stereocenters. The van der Waals surface area contributed by atoms with Gasteiger partial charge in [0.25, 0.3) is 5.91 Å². The molecule has 0 radical (unpaired) electrons. The number of benzene rings is 2. The van der Waals surface area contributed by atoms with Crippen molar-refractivity contribution in [1.82, 2.24) is 30.2 Å². The van der Waals surface area contributed by atoms with Gasteiger partial charge in [-0.25, -0.2) is 14.0 Å². The second kappa shape index (κ2) is 14.7. The average Bonchev–Trinajstić information content (AvgIpc) is 3.81. The number of ether oxygens (including phenoxy) is 1. The lowest BCUT2D eigenvalue weighted by atomic mass is 10.1. The van der Waals surface area contributed by atoms with Crippen molar-refractivity contribution in [3.05, 3.63) is 58.5 Å². The summed E-state index contributed by atoms with van der Waals surface area (Å²) in [6.07, 6.45) is 2.28. The van der Waals surface area contributed by atoms with Gasteiger partial charge in [0, 0.05) is 48.4 Å². The lowest BCUT2D eigenvalue weighted by Crippen LogP contribution is -2.51. The molecule has 0 spiro atoms. The number of likely N-dealkylation sites (tertiary alicyclic amines) is 1. The molecule has 2 fully saturated rings. The molecule has 1 saturated carbocycles. The van der Waals surface area contributed by atoms with E-state index in [1.165, 1.54) is 21.7 Å². The first-order valence-electron chi connectivity index (χ1n) is 16.0. The Kier molecular flexibility index (Phi) is 10.6. The minimum absolute atomic E-state index is 0.0531. The van der Waals surface area contributed by atoms with Gasteiger partial charge in [-0.15, -0.1) is 0 Å². The van der Waals surface area contributed by atoms with E-state index in [4.69, 9.17) is 22.1 Å². The molecule has 16 heteroatoms. The summed E-state index contributed by atoms with van der Waals surface area (Å²) in [6.45, 7) is 5.48. The molecule has 262 valence electrons. The maximum atomic E-state index is 14.2. The monoisotopic (exact) mass is 698 g/mol. The Morgan fingerprint density at radius 3 is 2.57 bits per heavy atom. The highest BCUT2D eigenvalue weighted by Gasteiger charge is 2.34. The van der Waals surface area contributed by atoms with Crippen molar-refractivity contribution >= 4 is 58.0 Å². The molecule has 0 bridgehead atoms. The number of nitrogens with zero attached hydrogens (tertiary/aromatic N) is 4. The van der Waals surface area contributed by atoms with E-state index in [9.17, 15) is 28.4 Å². The first-order valence-corrected chi connectivity index (χ1v) is 16.4. The highest BCUT2D eigenvalue weighted by molar-refractivity contribution is 6.30. The molecule has 14 nitrogen and oxygen atoms in total. The highest BCUT2D eigenvalue weighted by Crippen LogP contribution is 2.28. The number of halogens is 2. The minimum atomic E-state index is -0.821. The van der Waals surface area contributed by atoms with Gasteiger partial charge in [0.1, 0.15) is 18.0 Å². The molecule has 3 aromatic rings. The molecule has 6 amide bonds. The van der Waals surface area contributed by atoms with Crippen LogP contribution in [0.4, 0.5) is 19.7 Å². The van der Waals surface area contributed by atoms with Gasteiger partial charge in [-0.1, -0.05) is 23.7 Å². The Bertz CT molecular complexity index is 1770. The molecule has 1 aliphatic carbocycles. The summed E-state index contributed by atoms with van der Waals surface area (Å²) >= 11 is 5.83. The molecule has 1 saturated heterocycles. The number of urea groups is 1. The Labute approximate surface area is 287 Å². The number of fused-ring (bicyclic) bond motifs is 1. The topological polar surface area (TPSA) is 181 Å². The van der Waals surface area contributed by atoms with Gasteiger partial charge >= 0.3 is 12.1 Å². The molecule has 2 aliphatic rings. The number of rotatable bonds is 10. The van der Waals surface area contributed by atoms with Gasteiger partial charge in [0.2, 0.25) is 11.8 Å². The number of hydrogen-bond acceptors (Lipinski definition) is 7. The highest BCUT2D eigenvalue weighted by atomic mass is 35.5. The van der Waals surface area contributed by atoms with Crippen molar-refractivity contribution in [3.8, 4) is 0 Å². The summed E-state index contributed by atoms with van der Waals surface area (Å²) in [5.41, 5.74) is 5.93. The SMILES string of the molecule is CC(C)(C)OC(=O)NC1CCCN(C(=O)Nc2ccc3c(c2)c(C(N)=O)nn3CC(=O)N(CC(=O)NCc2cccc(Cl)c2F)C2CC2)C1. The summed E-state index contributed by atoms with van der Waals surface area (Å²) in [7, 11) is 0. The van der Waals surface area contributed by atoms with E-state index in [2.05, 4.69) is 21.0 Å². The second-order valence-electron chi connectivity index (χ2n) is 13.2. The zero-order chi connectivity index (χ0) is 35.5. The fourth-order valence-electron chi connectivity index (χ4n) is 5.63. The quantitative estimate of drug-likeness (QED) is 0.249. The predicted octanol–water partition coefficient (Wildman–Crippen LogP) is 3.76. The van der Waals surface area contributed by atoms with E-state index in [1.54, 1.807) is 49.9 Å². The van der Waals surface area contributed by atoms with Crippen LogP contribution in [0.1, 0.15) is 62.5 Å². The van der Waals surface area contributed by atoms with Crippen molar-refractivity contribution in [3.63, 3.8) is 0 Å². The first kappa shape index (κ1) is 35.4. The van der Waals surface area contributed by atoms with Crippen LogP contribution in [0, 0.1) is 5.82 Å². The standard InChI is InChI=1S/C33H40ClFN8O6/c1-33(2,3)49-32(48)39-21-7-5-13-41(16-21)31(47)38-20-9-12-25-23(14-20)29(30(36)46)40-43(25)18-27(45)42(22-10-11-22)17-26(44)37-15-19-6-4-8-24(34)28(19)35/h4,6,8-9,12,14,21-22H,5,7,10-11,13,15-18H2,1-3H3,(H2,36,46)(H,37,44)(H,38,47)(H,39,48). The van der Waals surface area contributed by atoms with E-state index < -0.39 is 41.3 Å². The third-order valence-electron chi connectivity index (χ3n) is 8.08. The summed E-state index contributed by atoms with van der Waals surface area (Å²) in [5, 5.41) is 12.9. The molecule has 5 N–H and O–H groups in total. The molecule has 1 aromatic heterocycles. The number of piperidine rings is 1. The molecule has 49 heavy (non-hydrogen) atoms. The van der Waals surface area contributed by atoms with Crippen LogP contribution in [0.25, 0.3) is 10.9 Å². The van der Waals surface area contributed by atoms with Crippen LogP contribution in [0.5, 0.6) is 0 Å². The molecule has 2 aromatic carbocycles. The molecule has 1 atom stereocenters. The fraction of sp³-hybridized carbons (Fsp3) is 0.455. The number of nitrogens with two attached hydrogens (primary N) is 1. The molecule has 1 aliphatic heterocycles. The van der Waals surface area contributed by atoms with E-state index in [0.29, 0.717) is 36.0 Å². The van der Waals surface area contributed by atoms with Crippen LogP contribution in [-0.4, -0.2) is 86.7 Å².